The maximum absolute atomic E-state index is 5.52. The zero-order valence-corrected chi connectivity index (χ0v) is 7.09. The summed E-state index contributed by atoms with van der Waals surface area (Å²) in [6.45, 7) is 0. The van der Waals surface area contributed by atoms with Gasteiger partial charge in [0.2, 0.25) is 0 Å². The first-order valence-corrected chi connectivity index (χ1v) is 4.24. The van der Waals surface area contributed by atoms with Gasteiger partial charge in [-0.3, -0.25) is 0 Å². The van der Waals surface area contributed by atoms with Crippen molar-refractivity contribution in [3.8, 4) is 0 Å². The van der Waals surface area contributed by atoms with E-state index in [0.717, 1.165) is 6.42 Å². The third-order valence-electron chi connectivity index (χ3n) is 1.39. The van der Waals surface area contributed by atoms with Gasteiger partial charge in [0.05, 0.1) is 0 Å². The molecule has 0 aromatic heterocycles. The third kappa shape index (κ3) is 3.24. The highest BCUT2D eigenvalue weighted by Crippen LogP contribution is 2.01. The van der Waals surface area contributed by atoms with Crippen LogP contribution in [0, 0.1) is 0 Å². The smallest absolute Gasteiger partial charge is 0.0258 e. The predicted molar refractivity (Wildman–Crippen MR) is 50.8 cm³/mol. The van der Waals surface area contributed by atoms with Crippen molar-refractivity contribution in [2.45, 2.75) is 6.42 Å². The van der Waals surface area contributed by atoms with Crippen LogP contribution in [-0.4, -0.2) is 5.88 Å². The quantitative estimate of drug-likeness (QED) is 0.605. The van der Waals surface area contributed by atoms with Crippen LogP contribution in [0.3, 0.4) is 0 Å². The number of rotatable bonds is 3. The average Bonchev–Trinajstić information content (AvgIpc) is 2.07. The van der Waals surface area contributed by atoms with Gasteiger partial charge in [-0.15, -0.1) is 11.6 Å². The standard InChI is InChI=1S/C10H11Cl/c11-9-5-4-8-10-6-2-1-3-7-10/h1-4,6-8H,5,9H2/b8-4+. The summed E-state index contributed by atoms with van der Waals surface area (Å²) in [4.78, 5) is 0. The molecule has 1 aromatic carbocycles. The van der Waals surface area contributed by atoms with Crippen molar-refractivity contribution in [2.24, 2.45) is 0 Å². The maximum atomic E-state index is 5.52. The lowest BCUT2D eigenvalue weighted by Crippen LogP contribution is -1.69. The largest absolute Gasteiger partial charge is 0.126 e. The molecule has 0 unspecified atom stereocenters. The highest BCUT2D eigenvalue weighted by molar-refractivity contribution is 6.17. The Morgan fingerprint density at radius 1 is 1.18 bits per heavy atom. The van der Waals surface area contributed by atoms with Crippen molar-refractivity contribution in [1.29, 1.82) is 0 Å². The summed E-state index contributed by atoms with van der Waals surface area (Å²) in [7, 11) is 0. The topological polar surface area (TPSA) is 0 Å². The van der Waals surface area contributed by atoms with Gasteiger partial charge in [0.15, 0.2) is 0 Å². The molecule has 0 aliphatic heterocycles. The molecule has 1 rings (SSSR count). The van der Waals surface area contributed by atoms with Crippen molar-refractivity contribution in [1.82, 2.24) is 0 Å². The normalized spacial score (nSPS) is 10.6. The molecule has 0 fully saturated rings. The van der Waals surface area contributed by atoms with E-state index >= 15 is 0 Å². The van der Waals surface area contributed by atoms with Crippen LogP contribution in [0.1, 0.15) is 12.0 Å². The van der Waals surface area contributed by atoms with E-state index in [-0.39, 0.29) is 0 Å². The summed E-state index contributed by atoms with van der Waals surface area (Å²) < 4.78 is 0. The minimum atomic E-state index is 0.698. The molecule has 0 amide bonds. The fraction of sp³-hybridized carbons (Fsp3) is 0.200. The van der Waals surface area contributed by atoms with Gasteiger partial charge < -0.3 is 0 Å². The van der Waals surface area contributed by atoms with Crippen LogP contribution in [0.4, 0.5) is 0 Å². The minimum absolute atomic E-state index is 0.698. The van der Waals surface area contributed by atoms with Crippen LogP contribution < -0.4 is 0 Å². The number of allylic oxidation sites excluding steroid dienone is 1. The Bertz CT molecular complexity index is 214. The van der Waals surface area contributed by atoms with Gasteiger partial charge in [0.1, 0.15) is 0 Å². The second-order valence-corrected chi connectivity index (χ2v) is 2.67. The number of alkyl halides is 1. The van der Waals surface area contributed by atoms with Crippen LogP contribution >= 0.6 is 11.6 Å². The van der Waals surface area contributed by atoms with Gasteiger partial charge in [-0.2, -0.15) is 0 Å². The average molecular weight is 167 g/mol. The molecule has 0 N–H and O–H groups in total. The molecule has 1 aromatic rings. The number of hydrogen-bond donors (Lipinski definition) is 0. The Labute approximate surface area is 72.5 Å². The van der Waals surface area contributed by atoms with Gasteiger partial charge in [-0.25, -0.2) is 0 Å². The van der Waals surface area contributed by atoms with Gasteiger partial charge in [0.25, 0.3) is 0 Å². The summed E-state index contributed by atoms with van der Waals surface area (Å²) >= 11 is 5.52. The first-order valence-electron chi connectivity index (χ1n) is 3.71. The Kier molecular flexibility index (Phi) is 3.77. The van der Waals surface area contributed by atoms with Crippen LogP contribution in [0.25, 0.3) is 6.08 Å². The van der Waals surface area contributed by atoms with E-state index < -0.39 is 0 Å². The number of halogens is 1. The van der Waals surface area contributed by atoms with E-state index in [1.807, 2.05) is 18.2 Å². The highest BCUT2D eigenvalue weighted by Gasteiger charge is 1.80. The molecule has 0 saturated carbocycles. The zero-order chi connectivity index (χ0) is 7.94. The number of hydrogen-bond acceptors (Lipinski definition) is 0. The van der Waals surface area contributed by atoms with Gasteiger partial charge >= 0.3 is 0 Å². The molecule has 1 heteroatoms. The summed E-state index contributed by atoms with van der Waals surface area (Å²) in [6.07, 6.45) is 5.11. The maximum Gasteiger partial charge on any atom is 0.0258 e. The first-order chi connectivity index (χ1) is 5.43. The van der Waals surface area contributed by atoms with Crippen molar-refractivity contribution in [2.75, 3.05) is 5.88 Å². The fourth-order valence-corrected chi connectivity index (χ4v) is 0.973. The molecular weight excluding hydrogens is 156 g/mol. The molecule has 0 nitrogen and oxygen atoms in total. The summed E-state index contributed by atoms with van der Waals surface area (Å²) in [5.74, 6) is 0.698. The van der Waals surface area contributed by atoms with Crippen LogP contribution in [0.5, 0.6) is 0 Å². The molecule has 11 heavy (non-hydrogen) atoms. The Morgan fingerprint density at radius 3 is 2.55 bits per heavy atom. The van der Waals surface area contributed by atoms with Gasteiger partial charge in [-0.1, -0.05) is 42.5 Å². The molecule has 0 atom stereocenters. The highest BCUT2D eigenvalue weighted by atomic mass is 35.5. The molecule has 0 bridgehead atoms. The van der Waals surface area contributed by atoms with E-state index in [1.54, 1.807) is 0 Å². The summed E-state index contributed by atoms with van der Waals surface area (Å²) in [5.41, 5.74) is 1.23. The van der Waals surface area contributed by atoms with Crippen LogP contribution in [-0.2, 0) is 0 Å². The molecular formula is C10H11Cl. The van der Waals surface area contributed by atoms with E-state index in [4.69, 9.17) is 11.6 Å². The molecule has 0 aliphatic carbocycles. The molecule has 0 saturated heterocycles. The molecule has 0 aliphatic rings. The molecule has 58 valence electrons. The van der Waals surface area contributed by atoms with Crippen molar-refractivity contribution < 1.29 is 0 Å². The van der Waals surface area contributed by atoms with Gasteiger partial charge in [0, 0.05) is 5.88 Å². The lowest BCUT2D eigenvalue weighted by Gasteiger charge is -1.89. The van der Waals surface area contributed by atoms with E-state index in [2.05, 4.69) is 24.3 Å². The third-order valence-corrected chi connectivity index (χ3v) is 1.60. The van der Waals surface area contributed by atoms with Crippen molar-refractivity contribution in [3.05, 3.63) is 42.0 Å². The van der Waals surface area contributed by atoms with Crippen LogP contribution in [0.15, 0.2) is 36.4 Å². The lowest BCUT2D eigenvalue weighted by atomic mass is 10.2. The first kappa shape index (κ1) is 8.35. The van der Waals surface area contributed by atoms with Crippen molar-refractivity contribution >= 4 is 17.7 Å². The van der Waals surface area contributed by atoms with E-state index in [9.17, 15) is 0 Å². The second kappa shape index (κ2) is 4.97. The lowest BCUT2D eigenvalue weighted by molar-refractivity contribution is 1.24. The Balaban J connectivity index is 2.50. The number of benzene rings is 1. The molecule has 0 radical (unpaired) electrons. The van der Waals surface area contributed by atoms with Gasteiger partial charge in [-0.05, 0) is 12.0 Å². The Morgan fingerprint density at radius 2 is 1.91 bits per heavy atom. The minimum Gasteiger partial charge on any atom is -0.126 e. The summed E-state index contributed by atoms with van der Waals surface area (Å²) in [6, 6.07) is 10.2. The van der Waals surface area contributed by atoms with Crippen LogP contribution in [0.2, 0.25) is 0 Å². The second-order valence-electron chi connectivity index (χ2n) is 2.29. The SMILES string of the molecule is ClCC/C=C/c1ccccc1. The molecule has 0 spiro atoms. The Hall–Kier alpha value is -0.750. The van der Waals surface area contributed by atoms with E-state index in [1.165, 1.54) is 5.56 Å². The summed E-state index contributed by atoms with van der Waals surface area (Å²) in [5, 5.41) is 0. The van der Waals surface area contributed by atoms with E-state index in [0.29, 0.717) is 5.88 Å². The monoisotopic (exact) mass is 166 g/mol. The van der Waals surface area contributed by atoms with Crippen molar-refractivity contribution in [3.63, 3.8) is 0 Å². The fourth-order valence-electron chi connectivity index (χ4n) is 0.847. The predicted octanol–water partition coefficient (Wildman–Crippen LogP) is 3.33. The molecule has 0 heterocycles. The zero-order valence-electron chi connectivity index (χ0n) is 6.33.